The van der Waals surface area contributed by atoms with E-state index in [-0.39, 0.29) is 0 Å². The molecule has 1 unspecified atom stereocenters. The third-order valence-corrected chi connectivity index (χ3v) is 2.33. The highest BCUT2D eigenvalue weighted by molar-refractivity contribution is 5.49. The van der Waals surface area contributed by atoms with Gasteiger partial charge >= 0.3 is 0 Å². The van der Waals surface area contributed by atoms with Crippen LogP contribution in [0.15, 0.2) is 30.3 Å². The molecule has 1 rings (SSSR count). The van der Waals surface area contributed by atoms with E-state index in [2.05, 4.69) is 31.2 Å². The fourth-order valence-electron chi connectivity index (χ4n) is 1.46. The second-order valence-corrected chi connectivity index (χ2v) is 3.41. The molecule has 0 N–H and O–H groups in total. The van der Waals surface area contributed by atoms with Crippen molar-refractivity contribution in [2.24, 2.45) is 0 Å². The first-order valence-corrected chi connectivity index (χ1v) is 4.83. The van der Waals surface area contributed by atoms with E-state index in [9.17, 15) is 4.79 Å². The molecular weight excluding hydrogens is 160 g/mol. The highest BCUT2D eigenvalue weighted by atomic mass is 16.1. The summed E-state index contributed by atoms with van der Waals surface area (Å²) in [7, 11) is 0. The molecular formula is C12H16O. The van der Waals surface area contributed by atoms with Crippen molar-refractivity contribution < 1.29 is 4.79 Å². The molecule has 0 aliphatic carbocycles. The molecule has 0 heterocycles. The van der Waals surface area contributed by atoms with Crippen LogP contribution in [-0.2, 0) is 4.79 Å². The summed E-state index contributed by atoms with van der Waals surface area (Å²) in [5, 5.41) is 0. The number of aldehydes is 1. The smallest absolute Gasteiger partial charge is 0.119 e. The predicted molar refractivity (Wildman–Crippen MR) is 54.8 cm³/mol. The van der Waals surface area contributed by atoms with Crippen LogP contribution in [0.4, 0.5) is 0 Å². The number of carbonyl (C=O) groups is 1. The molecule has 0 fully saturated rings. The zero-order valence-electron chi connectivity index (χ0n) is 8.07. The normalized spacial score (nSPS) is 12.4. The minimum atomic E-state index is 0.571. The topological polar surface area (TPSA) is 17.1 Å². The summed E-state index contributed by atoms with van der Waals surface area (Å²) in [5.74, 6) is 0.571. The van der Waals surface area contributed by atoms with Crippen LogP contribution in [0, 0.1) is 0 Å². The van der Waals surface area contributed by atoms with E-state index in [1.54, 1.807) is 0 Å². The monoisotopic (exact) mass is 176 g/mol. The van der Waals surface area contributed by atoms with E-state index in [1.807, 2.05) is 6.07 Å². The number of hydrogen-bond donors (Lipinski definition) is 0. The number of rotatable bonds is 5. The zero-order chi connectivity index (χ0) is 9.52. The molecule has 70 valence electrons. The van der Waals surface area contributed by atoms with Crippen molar-refractivity contribution in [1.82, 2.24) is 0 Å². The van der Waals surface area contributed by atoms with Gasteiger partial charge in [0, 0.05) is 6.42 Å². The molecule has 0 radical (unpaired) electrons. The van der Waals surface area contributed by atoms with E-state index in [0.717, 1.165) is 19.1 Å². The Morgan fingerprint density at radius 1 is 1.31 bits per heavy atom. The van der Waals surface area contributed by atoms with Crippen LogP contribution in [0.25, 0.3) is 0 Å². The van der Waals surface area contributed by atoms with Gasteiger partial charge in [-0.25, -0.2) is 0 Å². The van der Waals surface area contributed by atoms with Gasteiger partial charge in [-0.05, 0) is 24.3 Å². The fraction of sp³-hybridized carbons (Fsp3) is 0.417. The van der Waals surface area contributed by atoms with Crippen LogP contribution in [-0.4, -0.2) is 6.29 Å². The van der Waals surface area contributed by atoms with Gasteiger partial charge in [-0.3, -0.25) is 0 Å². The van der Waals surface area contributed by atoms with Crippen molar-refractivity contribution in [3.05, 3.63) is 35.9 Å². The average Bonchev–Trinajstić information content (AvgIpc) is 2.19. The summed E-state index contributed by atoms with van der Waals surface area (Å²) < 4.78 is 0. The molecule has 1 heteroatoms. The molecule has 0 aromatic heterocycles. The van der Waals surface area contributed by atoms with Crippen molar-refractivity contribution in [3.63, 3.8) is 0 Å². The maximum absolute atomic E-state index is 10.1. The van der Waals surface area contributed by atoms with Gasteiger partial charge in [0.25, 0.3) is 0 Å². The SMILES string of the molecule is CC(CCCC=O)c1ccccc1. The molecule has 0 aliphatic heterocycles. The number of carbonyl (C=O) groups excluding carboxylic acids is 1. The van der Waals surface area contributed by atoms with E-state index in [4.69, 9.17) is 0 Å². The second kappa shape index (κ2) is 5.52. The van der Waals surface area contributed by atoms with Gasteiger partial charge in [-0.15, -0.1) is 0 Å². The number of benzene rings is 1. The summed E-state index contributed by atoms with van der Waals surface area (Å²) in [4.78, 5) is 10.1. The van der Waals surface area contributed by atoms with Crippen LogP contribution in [0.5, 0.6) is 0 Å². The zero-order valence-corrected chi connectivity index (χ0v) is 8.07. The highest BCUT2D eigenvalue weighted by Gasteiger charge is 2.03. The molecule has 1 aromatic rings. The minimum absolute atomic E-state index is 0.571. The quantitative estimate of drug-likeness (QED) is 0.497. The third kappa shape index (κ3) is 3.41. The predicted octanol–water partition coefficient (Wildman–Crippen LogP) is 3.16. The lowest BCUT2D eigenvalue weighted by Gasteiger charge is -2.09. The summed E-state index contributed by atoms with van der Waals surface area (Å²) in [6.45, 7) is 2.21. The van der Waals surface area contributed by atoms with Crippen LogP contribution < -0.4 is 0 Å². The van der Waals surface area contributed by atoms with E-state index in [1.165, 1.54) is 5.56 Å². The molecule has 13 heavy (non-hydrogen) atoms. The first kappa shape index (κ1) is 9.97. The summed E-state index contributed by atoms with van der Waals surface area (Å²) in [6, 6.07) is 10.4. The molecule has 0 aliphatic rings. The molecule has 0 spiro atoms. The lowest BCUT2D eigenvalue weighted by Crippen LogP contribution is -1.93. The van der Waals surface area contributed by atoms with Gasteiger partial charge < -0.3 is 4.79 Å². The Balaban J connectivity index is 2.39. The standard InChI is InChI=1S/C12H16O/c1-11(7-5-6-10-13)12-8-3-2-4-9-12/h2-4,8-11H,5-7H2,1H3. The molecule has 1 nitrogen and oxygen atoms in total. The Bertz CT molecular complexity index is 241. The first-order chi connectivity index (χ1) is 6.34. The van der Waals surface area contributed by atoms with Gasteiger partial charge in [0.15, 0.2) is 0 Å². The Labute approximate surface area is 79.8 Å². The lowest BCUT2D eigenvalue weighted by atomic mass is 9.96. The summed E-state index contributed by atoms with van der Waals surface area (Å²) in [5.41, 5.74) is 1.37. The Morgan fingerprint density at radius 3 is 2.62 bits per heavy atom. The van der Waals surface area contributed by atoms with Crippen LogP contribution in [0.2, 0.25) is 0 Å². The van der Waals surface area contributed by atoms with Crippen molar-refractivity contribution in [2.75, 3.05) is 0 Å². The molecule has 1 aromatic carbocycles. The Morgan fingerprint density at radius 2 is 2.00 bits per heavy atom. The van der Waals surface area contributed by atoms with Gasteiger partial charge in [0.1, 0.15) is 6.29 Å². The Hall–Kier alpha value is -1.11. The van der Waals surface area contributed by atoms with Gasteiger partial charge in [0.05, 0.1) is 0 Å². The fourth-order valence-corrected chi connectivity index (χ4v) is 1.46. The molecule has 0 bridgehead atoms. The molecule has 1 atom stereocenters. The number of hydrogen-bond acceptors (Lipinski definition) is 1. The minimum Gasteiger partial charge on any atom is -0.303 e. The van der Waals surface area contributed by atoms with E-state index >= 15 is 0 Å². The third-order valence-electron chi connectivity index (χ3n) is 2.33. The Kier molecular flexibility index (Phi) is 4.24. The van der Waals surface area contributed by atoms with Gasteiger partial charge in [0.2, 0.25) is 0 Å². The summed E-state index contributed by atoms with van der Waals surface area (Å²) in [6.07, 6.45) is 3.79. The maximum atomic E-state index is 10.1. The van der Waals surface area contributed by atoms with Crippen molar-refractivity contribution in [3.8, 4) is 0 Å². The second-order valence-electron chi connectivity index (χ2n) is 3.41. The number of unbranched alkanes of at least 4 members (excludes halogenated alkanes) is 1. The first-order valence-electron chi connectivity index (χ1n) is 4.83. The van der Waals surface area contributed by atoms with Crippen molar-refractivity contribution in [2.45, 2.75) is 32.1 Å². The molecule has 0 amide bonds. The van der Waals surface area contributed by atoms with Crippen molar-refractivity contribution in [1.29, 1.82) is 0 Å². The average molecular weight is 176 g/mol. The van der Waals surface area contributed by atoms with E-state index < -0.39 is 0 Å². The van der Waals surface area contributed by atoms with Crippen LogP contribution in [0.1, 0.15) is 37.7 Å². The van der Waals surface area contributed by atoms with Crippen molar-refractivity contribution >= 4 is 6.29 Å². The van der Waals surface area contributed by atoms with E-state index in [0.29, 0.717) is 12.3 Å². The maximum Gasteiger partial charge on any atom is 0.119 e. The lowest BCUT2D eigenvalue weighted by molar-refractivity contribution is -0.107. The van der Waals surface area contributed by atoms with Gasteiger partial charge in [-0.2, -0.15) is 0 Å². The molecule has 0 saturated heterocycles. The summed E-state index contributed by atoms with van der Waals surface area (Å²) >= 11 is 0. The molecule has 0 saturated carbocycles. The van der Waals surface area contributed by atoms with Crippen LogP contribution in [0.3, 0.4) is 0 Å². The van der Waals surface area contributed by atoms with Gasteiger partial charge in [-0.1, -0.05) is 37.3 Å². The van der Waals surface area contributed by atoms with Crippen LogP contribution >= 0.6 is 0 Å². The highest BCUT2D eigenvalue weighted by Crippen LogP contribution is 2.20. The largest absolute Gasteiger partial charge is 0.303 e.